The molecule has 0 aliphatic carbocycles. The number of carboxylic acids is 1. The molecule has 0 saturated heterocycles. The minimum absolute atomic E-state index is 0.00214. The van der Waals surface area contributed by atoms with Crippen LogP contribution in [0.1, 0.15) is 27.0 Å². The molecule has 3 unspecified atom stereocenters. The maximum atomic E-state index is 12.0. The Labute approximate surface area is 155 Å². The number of benzene rings is 2. The molecule has 1 aliphatic heterocycles. The van der Waals surface area contributed by atoms with E-state index in [0.717, 1.165) is 17.7 Å². The monoisotopic (exact) mass is 393 g/mol. The summed E-state index contributed by atoms with van der Waals surface area (Å²) in [5.41, 5.74) is 0.216. The predicted octanol–water partition coefficient (Wildman–Crippen LogP) is 1.97. The zero-order valence-electron chi connectivity index (χ0n) is 14.0. The van der Waals surface area contributed by atoms with E-state index in [-0.39, 0.29) is 28.9 Å². The quantitative estimate of drug-likeness (QED) is 0.397. The van der Waals surface area contributed by atoms with Gasteiger partial charge < -0.3 is 19.5 Å². The number of aromatic carboxylic acids is 1. The number of carboxylic acid groups (broad SMARTS) is 1. The van der Waals surface area contributed by atoms with E-state index in [1.54, 1.807) is 19.1 Å². The topological polar surface area (TPSA) is 147 Å². The van der Waals surface area contributed by atoms with Gasteiger partial charge in [0.15, 0.2) is 17.2 Å². The van der Waals surface area contributed by atoms with Crippen LogP contribution in [0.15, 0.2) is 36.4 Å². The lowest BCUT2D eigenvalue weighted by atomic mass is 9.96. The molecular weight excluding hydrogens is 378 g/mol. The lowest BCUT2D eigenvalue weighted by molar-refractivity contribution is -0.386. The fourth-order valence-corrected chi connectivity index (χ4v) is 3.77. The molecule has 1 aliphatic rings. The summed E-state index contributed by atoms with van der Waals surface area (Å²) in [4.78, 5) is 19.5. The van der Waals surface area contributed by atoms with Gasteiger partial charge in [0, 0.05) is 23.6 Å². The van der Waals surface area contributed by atoms with Gasteiger partial charge in [0.2, 0.25) is 10.7 Å². The van der Waals surface area contributed by atoms with Crippen molar-refractivity contribution < 1.29 is 33.4 Å². The molecule has 3 N–H and O–H groups in total. The Morgan fingerprint density at radius 3 is 2.44 bits per heavy atom. The number of nitrogens with zero attached hydrogens (tertiary/aromatic N) is 1. The average Bonchev–Trinajstić information content (AvgIpc) is 3.05. The van der Waals surface area contributed by atoms with Gasteiger partial charge in [-0.05, 0) is 13.0 Å². The molecule has 0 radical (unpaired) electrons. The molecule has 1 heterocycles. The average molecular weight is 393 g/mol. The predicted molar refractivity (Wildman–Crippen MR) is 94.0 cm³/mol. The Bertz CT molecular complexity index is 915. The summed E-state index contributed by atoms with van der Waals surface area (Å²) in [6, 6.07) is 8.21. The molecule has 0 amide bonds. The molecule has 0 saturated carbocycles. The van der Waals surface area contributed by atoms with Crippen molar-refractivity contribution in [1.82, 2.24) is 0 Å². The Morgan fingerprint density at radius 1 is 1.30 bits per heavy atom. The first kappa shape index (κ1) is 19.0. The second kappa shape index (κ2) is 6.72. The first-order valence-electron chi connectivity index (χ1n) is 7.77. The number of carbonyl (C=O) groups is 1. The van der Waals surface area contributed by atoms with Crippen LogP contribution < -0.4 is 4.74 Å². The normalized spacial score (nSPS) is 18.9. The lowest BCUT2D eigenvalue weighted by Crippen LogP contribution is -2.46. The molecule has 3 atom stereocenters. The molecule has 3 rings (SSSR count). The smallest absolute Gasteiger partial charge is 0.336 e. The fraction of sp³-hybridized carbons (Fsp3) is 0.235. The lowest BCUT2D eigenvalue weighted by Gasteiger charge is -2.30. The van der Waals surface area contributed by atoms with Crippen molar-refractivity contribution in [2.24, 2.45) is 0 Å². The van der Waals surface area contributed by atoms with Crippen LogP contribution in [0.4, 0.5) is 5.69 Å². The molecule has 2 aromatic carbocycles. The summed E-state index contributed by atoms with van der Waals surface area (Å²) < 4.78 is 27.3. The zero-order valence-corrected chi connectivity index (χ0v) is 14.8. The van der Waals surface area contributed by atoms with Crippen LogP contribution >= 0.6 is 0 Å². The standard InChI is InChI=1S/C17H15NO8S/c1-9-2-4-10(5-3-9)17(21,27(24)25)14-8-12-11(16(19)20)6-7-13(18(22)23)15(12)26-14/h2-7,14,21H,8H2,1H3,(H,19,20)(H,24,25). The number of nitro benzene ring substituents is 1. The largest absolute Gasteiger partial charge is 0.478 e. The van der Waals surface area contributed by atoms with Crippen LogP contribution in [0.2, 0.25) is 0 Å². The molecular formula is C17H15NO8S. The van der Waals surface area contributed by atoms with Crippen molar-refractivity contribution in [3.8, 4) is 5.75 Å². The van der Waals surface area contributed by atoms with Crippen molar-refractivity contribution in [1.29, 1.82) is 0 Å². The summed E-state index contributed by atoms with van der Waals surface area (Å²) in [6.45, 7) is 1.79. The molecule has 0 bridgehead atoms. The van der Waals surface area contributed by atoms with Crippen LogP contribution in [0.3, 0.4) is 0 Å². The number of aliphatic hydroxyl groups is 1. The fourth-order valence-electron chi connectivity index (χ4n) is 3.07. The van der Waals surface area contributed by atoms with Crippen molar-refractivity contribution in [3.63, 3.8) is 0 Å². The number of hydrogen-bond acceptors (Lipinski definition) is 6. The molecule has 9 nitrogen and oxygen atoms in total. The maximum Gasteiger partial charge on any atom is 0.336 e. The van der Waals surface area contributed by atoms with Crippen molar-refractivity contribution >= 4 is 22.7 Å². The molecule has 0 spiro atoms. The Balaban J connectivity index is 2.12. The molecule has 0 aromatic heterocycles. The number of hydrogen-bond donors (Lipinski definition) is 3. The highest BCUT2D eigenvalue weighted by atomic mass is 32.2. The molecule has 2 aromatic rings. The van der Waals surface area contributed by atoms with E-state index in [9.17, 15) is 33.9 Å². The zero-order chi connectivity index (χ0) is 19.9. The van der Waals surface area contributed by atoms with E-state index in [1.165, 1.54) is 12.1 Å². The van der Waals surface area contributed by atoms with Crippen LogP contribution in [0.5, 0.6) is 5.75 Å². The van der Waals surface area contributed by atoms with Crippen molar-refractivity contribution in [2.75, 3.05) is 0 Å². The summed E-state index contributed by atoms with van der Waals surface area (Å²) in [5.74, 6) is -1.64. The van der Waals surface area contributed by atoms with E-state index in [2.05, 4.69) is 0 Å². The number of aryl methyl sites for hydroxylation is 1. The van der Waals surface area contributed by atoms with E-state index in [0.29, 0.717) is 0 Å². The minimum atomic E-state index is -2.83. The van der Waals surface area contributed by atoms with E-state index >= 15 is 0 Å². The Morgan fingerprint density at radius 2 is 1.93 bits per heavy atom. The summed E-state index contributed by atoms with van der Waals surface area (Å²) in [7, 11) is 0. The van der Waals surface area contributed by atoms with Crippen LogP contribution in [0.25, 0.3) is 0 Å². The van der Waals surface area contributed by atoms with Gasteiger partial charge in [-0.2, -0.15) is 0 Å². The van der Waals surface area contributed by atoms with Gasteiger partial charge in [-0.25, -0.2) is 9.00 Å². The summed E-state index contributed by atoms with van der Waals surface area (Å²) in [5, 5.41) is 31.6. The third-order valence-electron chi connectivity index (χ3n) is 4.48. The molecule has 10 heteroatoms. The highest BCUT2D eigenvalue weighted by Gasteiger charge is 2.51. The van der Waals surface area contributed by atoms with Gasteiger partial charge in [-0.15, -0.1) is 0 Å². The van der Waals surface area contributed by atoms with Crippen LogP contribution in [-0.2, 0) is 22.4 Å². The van der Waals surface area contributed by atoms with E-state index in [1.807, 2.05) is 0 Å². The highest BCUT2D eigenvalue weighted by Crippen LogP contribution is 2.45. The first-order chi connectivity index (χ1) is 12.7. The SMILES string of the molecule is Cc1ccc(C(O)(C2Cc3c(C(=O)O)ccc([N+](=O)[O-])c3O2)S(=O)O)cc1. The maximum absolute atomic E-state index is 12.0. The van der Waals surface area contributed by atoms with Gasteiger partial charge in [-0.1, -0.05) is 29.8 Å². The minimum Gasteiger partial charge on any atom is -0.478 e. The molecule has 142 valence electrons. The van der Waals surface area contributed by atoms with Crippen molar-refractivity contribution in [2.45, 2.75) is 24.4 Å². The second-order valence-electron chi connectivity index (χ2n) is 6.12. The second-order valence-corrected chi connectivity index (χ2v) is 7.25. The van der Waals surface area contributed by atoms with Gasteiger partial charge in [-0.3, -0.25) is 10.1 Å². The van der Waals surface area contributed by atoms with Gasteiger partial charge in [0.05, 0.1) is 10.5 Å². The van der Waals surface area contributed by atoms with E-state index in [4.69, 9.17) is 4.74 Å². The summed E-state index contributed by atoms with van der Waals surface area (Å²) >= 11 is -2.83. The Hall–Kier alpha value is -2.82. The van der Waals surface area contributed by atoms with Crippen LogP contribution in [0, 0.1) is 17.0 Å². The Kier molecular flexibility index (Phi) is 4.72. The number of ether oxygens (including phenoxy) is 1. The van der Waals surface area contributed by atoms with Gasteiger partial charge >= 0.3 is 11.7 Å². The van der Waals surface area contributed by atoms with Crippen molar-refractivity contribution in [3.05, 3.63) is 68.8 Å². The third kappa shape index (κ3) is 3.07. The molecule has 0 fully saturated rings. The number of rotatable bonds is 5. The van der Waals surface area contributed by atoms with Crippen LogP contribution in [-0.4, -0.2) is 36.0 Å². The third-order valence-corrected chi connectivity index (χ3v) is 5.52. The summed E-state index contributed by atoms with van der Waals surface area (Å²) in [6.07, 6.45) is -1.67. The van der Waals surface area contributed by atoms with E-state index < -0.39 is 38.7 Å². The first-order valence-corrected chi connectivity index (χ1v) is 8.87. The number of nitro groups is 1. The molecule has 27 heavy (non-hydrogen) atoms. The number of fused-ring (bicyclic) bond motifs is 1. The highest BCUT2D eigenvalue weighted by molar-refractivity contribution is 7.80. The van der Waals surface area contributed by atoms with Gasteiger partial charge in [0.1, 0.15) is 0 Å². The van der Waals surface area contributed by atoms with Gasteiger partial charge in [0.25, 0.3) is 0 Å².